The van der Waals surface area contributed by atoms with E-state index in [0.29, 0.717) is 0 Å². The van der Waals surface area contributed by atoms with Gasteiger partial charge >= 0.3 is 47.8 Å². The minimum absolute atomic E-state index is 0.486. The van der Waals surface area contributed by atoms with E-state index < -0.39 is 101 Å². The Hall–Kier alpha value is -4.76. The molecule has 0 aromatic heterocycles. The standard InChI is InChI=1S/C25H30O16/c1-9-40-23(32)25(24(33)41-10-2)15(21(30)38-7)13(19(28)36-5)11(17(26)34-3)12(18(27)35-4)14(20(29)37-6)16(25)22(31)39-8/h13,15H,9-10H2,1-8H3/t13-,15+/m1/s1. The van der Waals surface area contributed by atoms with Gasteiger partial charge in [0.25, 0.3) is 0 Å². The molecule has 0 unspecified atom stereocenters. The topological polar surface area (TPSA) is 210 Å². The fourth-order valence-corrected chi connectivity index (χ4v) is 4.36. The normalized spacial score (nSPS) is 17.8. The molecule has 41 heavy (non-hydrogen) atoms. The molecule has 0 radical (unpaired) electrons. The summed E-state index contributed by atoms with van der Waals surface area (Å²) < 4.78 is 38.7. The van der Waals surface area contributed by atoms with Crippen LogP contribution in [0.1, 0.15) is 13.8 Å². The molecule has 0 saturated heterocycles. The number of carbonyl (C=O) groups excluding carboxylic acids is 8. The molecule has 0 saturated carbocycles. The first-order chi connectivity index (χ1) is 19.4. The lowest BCUT2D eigenvalue weighted by molar-refractivity contribution is -0.185. The number of rotatable bonds is 10. The van der Waals surface area contributed by atoms with Crippen LogP contribution in [0.4, 0.5) is 0 Å². The van der Waals surface area contributed by atoms with E-state index in [0.717, 1.165) is 42.7 Å². The predicted molar refractivity (Wildman–Crippen MR) is 129 cm³/mol. The minimum Gasteiger partial charge on any atom is -0.469 e. The molecule has 16 nitrogen and oxygen atoms in total. The average molecular weight is 586 g/mol. The summed E-state index contributed by atoms with van der Waals surface area (Å²) in [6.07, 6.45) is 0. The van der Waals surface area contributed by atoms with E-state index in [1.165, 1.54) is 13.8 Å². The molecular formula is C25H30O16. The molecule has 0 bridgehead atoms. The van der Waals surface area contributed by atoms with Crippen LogP contribution in [0.15, 0.2) is 22.3 Å². The van der Waals surface area contributed by atoms with Gasteiger partial charge in [-0.05, 0) is 13.8 Å². The van der Waals surface area contributed by atoms with Gasteiger partial charge in [0, 0.05) is 0 Å². The predicted octanol–water partition coefficient (Wildman–Crippen LogP) is -1.02. The number of esters is 8. The van der Waals surface area contributed by atoms with Crippen LogP contribution in [-0.2, 0) is 76.3 Å². The second-order valence-electron chi connectivity index (χ2n) is 7.76. The summed E-state index contributed by atoms with van der Waals surface area (Å²) in [7, 11) is 4.76. The molecule has 1 rings (SSSR count). The van der Waals surface area contributed by atoms with Gasteiger partial charge in [0.1, 0.15) is 11.8 Å². The van der Waals surface area contributed by atoms with E-state index in [1.54, 1.807) is 0 Å². The molecule has 1 aliphatic carbocycles. The summed E-state index contributed by atoms with van der Waals surface area (Å²) in [5, 5.41) is 0. The van der Waals surface area contributed by atoms with Crippen molar-refractivity contribution in [2.75, 3.05) is 55.9 Å². The molecule has 0 fully saturated rings. The quantitative estimate of drug-likeness (QED) is 0.170. The van der Waals surface area contributed by atoms with Gasteiger partial charge in [-0.2, -0.15) is 0 Å². The summed E-state index contributed by atoms with van der Waals surface area (Å²) in [5.41, 5.74) is -8.39. The van der Waals surface area contributed by atoms with Crippen LogP contribution in [-0.4, -0.2) is 104 Å². The average Bonchev–Trinajstić information content (AvgIpc) is 3.10. The van der Waals surface area contributed by atoms with E-state index in [2.05, 4.69) is 0 Å². The maximum absolute atomic E-state index is 13.9. The summed E-state index contributed by atoms with van der Waals surface area (Å²) >= 11 is 0. The van der Waals surface area contributed by atoms with Gasteiger partial charge in [-0.3, -0.25) is 19.2 Å². The summed E-state index contributed by atoms with van der Waals surface area (Å²) in [6, 6.07) is 0. The highest BCUT2D eigenvalue weighted by atomic mass is 16.6. The Labute approximate surface area is 233 Å². The molecule has 0 N–H and O–H groups in total. The van der Waals surface area contributed by atoms with Crippen LogP contribution in [0, 0.1) is 17.3 Å². The lowest BCUT2D eigenvalue weighted by atomic mass is 9.63. The van der Waals surface area contributed by atoms with Gasteiger partial charge < -0.3 is 37.9 Å². The fraction of sp³-hybridized carbons (Fsp3) is 0.520. The van der Waals surface area contributed by atoms with E-state index in [1.807, 2.05) is 0 Å². The van der Waals surface area contributed by atoms with Crippen molar-refractivity contribution in [1.82, 2.24) is 0 Å². The number of methoxy groups -OCH3 is 6. The Morgan fingerprint density at radius 3 is 1.34 bits per heavy atom. The van der Waals surface area contributed by atoms with Crippen molar-refractivity contribution in [3.05, 3.63) is 22.3 Å². The first-order valence-corrected chi connectivity index (χ1v) is 11.7. The molecule has 0 aliphatic heterocycles. The van der Waals surface area contributed by atoms with Crippen molar-refractivity contribution >= 4 is 47.8 Å². The van der Waals surface area contributed by atoms with E-state index in [-0.39, 0.29) is 0 Å². The highest BCUT2D eigenvalue weighted by molar-refractivity contribution is 6.23. The maximum atomic E-state index is 13.9. The van der Waals surface area contributed by atoms with Gasteiger partial charge in [-0.15, -0.1) is 0 Å². The fourth-order valence-electron chi connectivity index (χ4n) is 4.36. The second kappa shape index (κ2) is 14.6. The third kappa shape index (κ3) is 5.90. The Kier molecular flexibility index (Phi) is 12.2. The van der Waals surface area contributed by atoms with Gasteiger partial charge in [-0.25, -0.2) is 19.2 Å². The van der Waals surface area contributed by atoms with Crippen LogP contribution in [0.5, 0.6) is 0 Å². The first-order valence-electron chi connectivity index (χ1n) is 11.7. The largest absolute Gasteiger partial charge is 0.469 e. The van der Waals surface area contributed by atoms with E-state index in [4.69, 9.17) is 37.9 Å². The Morgan fingerprint density at radius 1 is 0.561 bits per heavy atom. The van der Waals surface area contributed by atoms with Crippen LogP contribution in [0.2, 0.25) is 0 Å². The number of ether oxygens (including phenoxy) is 8. The van der Waals surface area contributed by atoms with Crippen molar-refractivity contribution in [2.45, 2.75) is 13.8 Å². The first kappa shape index (κ1) is 34.3. The van der Waals surface area contributed by atoms with E-state index >= 15 is 0 Å². The molecule has 0 heterocycles. The van der Waals surface area contributed by atoms with Crippen molar-refractivity contribution in [1.29, 1.82) is 0 Å². The van der Waals surface area contributed by atoms with Gasteiger partial charge in [-0.1, -0.05) is 0 Å². The van der Waals surface area contributed by atoms with E-state index in [9.17, 15) is 38.4 Å². The molecule has 0 aromatic carbocycles. The molecule has 1 aliphatic rings. The molecule has 226 valence electrons. The molecule has 16 heteroatoms. The summed E-state index contributed by atoms with van der Waals surface area (Å²) in [5.74, 6) is -18.0. The highest BCUT2D eigenvalue weighted by Crippen LogP contribution is 2.52. The van der Waals surface area contributed by atoms with Crippen LogP contribution >= 0.6 is 0 Å². The van der Waals surface area contributed by atoms with Crippen molar-refractivity contribution < 1.29 is 76.3 Å². The highest BCUT2D eigenvalue weighted by Gasteiger charge is 2.70. The molecule has 2 atom stereocenters. The number of carbonyl (C=O) groups is 8. The monoisotopic (exact) mass is 586 g/mol. The number of hydrogen-bond donors (Lipinski definition) is 0. The Balaban J connectivity index is 5.08. The third-order valence-electron chi connectivity index (χ3n) is 5.95. The van der Waals surface area contributed by atoms with Crippen molar-refractivity contribution in [3.8, 4) is 0 Å². The van der Waals surface area contributed by atoms with Gasteiger partial charge in [0.15, 0.2) is 0 Å². The smallest absolute Gasteiger partial charge is 0.339 e. The zero-order chi connectivity index (χ0) is 31.7. The minimum atomic E-state index is -3.45. The second-order valence-corrected chi connectivity index (χ2v) is 7.76. The van der Waals surface area contributed by atoms with Crippen molar-refractivity contribution in [3.63, 3.8) is 0 Å². The Morgan fingerprint density at radius 2 is 0.976 bits per heavy atom. The summed E-state index contributed by atoms with van der Waals surface area (Å²) in [4.78, 5) is 108. The van der Waals surface area contributed by atoms with Crippen molar-refractivity contribution in [2.24, 2.45) is 17.3 Å². The zero-order valence-corrected chi connectivity index (χ0v) is 23.6. The molecule has 0 aromatic rings. The van der Waals surface area contributed by atoms with Crippen LogP contribution in [0.3, 0.4) is 0 Å². The molecular weight excluding hydrogens is 556 g/mol. The van der Waals surface area contributed by atoms with Gasteiger partial charge in [0.2, 0.25) is 5.41 Å². The molecule has 0 spiro atoms. The van der Waals surface area contributed by atoms with Crippen LogP contribution < -0.4 is 0 Å². The maximum Gasteiger partial charge on any atom is 0.339 e. The van der Waals surface area contributed by atoms with Gasteiger partial charge in [0.05, 0.1) is 78.2 Å². The number of hydrogen-bond acceptors (Lipinski definition) is 16. The zero-order valence-electron chi connectivity index (χ0n) is 23.6. The lowest BCUT2D eigenvalue weighted by Gasteiger charge is -2.37. The summed E-state index contributed by atoms with van der Waals surface area (Å²) in [6.45, 7) is 1.61. The van der Waals surface area contributed by atoms with Crippen LogP contribution in [0.25, 0.3) is 0 Å². The Bertz CT molecular complexity index is 1170. The SMILES string of the molecule is CCOC(=O)C1(C(=O)OCC)C(C(=O)OC)=C(C(=O)OC)C(C(=O)OC)=C(C(=O)OC)[C@@H](C(=O)OC)[C@H]1C(=O)OC. The molecule has 0 amide bonds. The lowest BCUT2D eigenvalue weighted by Crippen LogP contribution is -2.57. The third-order valence-corrected chi connectivity index (χ3v) is 5.95.